The van der Waals surface area contributed by atoms with Crippen LogP contribution in [0.5, 0.6) is 0 Å². The largest absolute Gasteiger partial charge is 0.462 e. The van der Waals surface area contributed by atoms with Gasteiger partial charge in [-0.25, -0.2) is 0 Å². The Labute approximate surface area is 302 Å². The molecule has 0 saturated carbocycles. The molecule has 0 radical (unpaired) electrons. The van der Waals surface area contributed by atoms with Crippen molar-refractivity contribution in [2.75, 3.05) is 13.2 Å². The number of carbonyl (C=O) groups is 2. The first-order valence-electron chi connectivity index (χ1n) is 20.9. The second-order valence-electron chi connectivity index (χ2n) is 14.4. The SMILES string of the molecule is CCCCC/C=C\C[C@@H](O)[C@H](O)CCCCCCCC(=O)OC[C@H](CO)OC(=O)CCCCCCCCCCCCCCCCCCCC. The van der Waals surface area contributed by atoms with Crippen LogP contribution in [0.4, 0.5) is 0 Å². The minimum absolute atomic E-state index is 0.117. The van der Waals surface area contributed by atoms with Gasteiger partial charge in [0.2, 0.25) is 0 Å². The summed E-state index contributed by atoms with van der Waals surface area (Å²) in [5.41, 5.74) is 0. The van der Waals surface area contributed by atoms with Gasteiger partial charge < -0.3 is 24.8 Å². The maximum atomic E-state index is 12.2. The summed E-state index contributed by atoms with van der Waals surface area (Å²) < 4.78 is 10.6. The zero-order chi connectivity index (χ0) is 36.0. The molecule has 0 aliphatic rings. The van der Waals surface area contributed by atoms with Crippen molar-refractivity contribution in [2.45, 2.75) is 231 Å². The summed E-state index contributed by atoms with van der Waals surface area (Å²) in [5, 5.41) is 29.8. The molecule has 0 unspecified atom stereocenters. The minimum atomic E-state index is -0.815. The van der Waals surface area contributed by atoms with E-state index in [1.54, 1.807) is 0 Å². The lowest BCUT2D eigenvalue weighted by Crippen LogP contribution is -2.28. The van der Waals surface area contributed by atoms with Gasteiger partial charge in [-0.2, -0.15) is 0 Å². The molecule has 0 aromatic carbocycles. The lowest BCUT2D eigenvalue weighted by atomic mass is 10.0. The van der Waals surface area contributed by atoms with Gasteiger partial charge in [-0.1, -0.05) is 174 Å². The van der Waals surface area contributed by atoms with Crippen molar-refractivity contribution in [3.8, 4) is 0 Å². The van der Waals surface area contributed by atoms with Crippen LogP contribution < -0.4 is 0 Å². The number of hydrogen-bond donors (Lipinski definition) is 3. The predicted molar refractivity (Wildman–Crippen MR) is 204 cm³/mol. The Balaban J connectivity index is 3.62. The smallest absolute Gasteiger partial charge is 0.306 e. The number of ether oxygens (including phenoxy) is 2. The first-order valence-corrected chi connectivity index (χ1v) is 20.9. The zero-order valence-electron chi connectivity index (χ0n) is 32.2. The Kier molecular flexibility index (Phi) is 36.7. The van der Waals surface area contributed by atoms with Gasteiger partial charge in [-0.3, -0.25) is 9.59 Å². The highest BCUT2D eigenvalue weighted by molar-refractivity contribution is 5.70. The minimum Gasteiger partial charge on any atom is -0.462 e. The summed E-state index contributed by atoms with van der Waals surface area (Å²) in [6, 6.07) is 0. The summed E-state index contributed by atoms with van der Waals surface area (Å²) in [6.07, 6.45) is 35.9. The van der Waals surface area contributed by atoms with Gasteiger partial charge in [0.15, 0.2) is 6.10 Å². The van der Waals surface area contributed by atoms with Crippen molar-refractivity contribution in [2.24, 2.45) is 0 Å². The molecule has 0 spiro atoms. The number of aliphatic hydroxyl groups excluding tert-OH is 3. The van der Waals surface area contributed by atoms with Crippen molar-refractivity contribution >= 4 is 11.9 Å². The summed E-state index contributed by atoms with van der Waals surface area (Å²) >= 11 is 0. The van der Waals surface area contributed by atoms with E-state index in [0.717, 1.165) is 51.4 Å². The predicted octanol–water partition coefficient (Wildman–Crippen LogP) is 10.8. The van der Waals surface area contributed by atoms with Crippen LogP contribution in [0, 0.1) is 0 Å². The summed E-state index contributed by atoms with van der Waals surface area (Å²) in [7, 11) is 0. The van der Waals surface area contributed by atoms with E-state index < -0.39 is 18.3 Å². The van der Waals surface area contributed by atoms with Crippen LogP contribution in [0.25, 0.3) is 0 Å². The van der Waals surface area contributed by atoms with E-state index in [1.807, 2.05) is 6.08 Å². The molecule has 0 aliphatic heterocycles. The molecule has 0 saturated heterocycles. The maximum absolute atomic E-state index is 12.2. The van der Waals surface area contributed by atoms with E-state index in [2.05, 4.69) is 19.9 Å². The molecule has 0 aliphatic carbocycles. The second kappa shape index (κ2) is 37.8. The molecule has 0 aromatic rings. The lowest BCUT2D eigenvalue weighted by molar-refractivity contribution is -0.161. The average molecular weight is 697 g/mol. The quantitative estimate of drug-likeness (QED) is 0.0334. The van der Waals surface area contributed by atoms with E-state index >= 15 is 0 Å². The maximum Gasteiger partial charge on any atom is 0.306 e. The molecule has 0 fully saturated rings. The Morgan fingerprint density at radius 1 is 0.531 bits per heavy atom. The third-order valence-electron chi connectivity index (χ3n) is 9.51. The molecule has 3 N–H and O–H groups in total. The highest BCUT2D eigenvalue weighted by Gasteiger charge is 2.16. The molecule has 49 heavy (non-hydrogen) atoms. The van der Waals surface area contributed by atoms with E-state index in [-0.39, 0.29) is 31.6 Å². The molecular formula is C42H80O7. The van der Waals surface area contributed by atoms with Crippen molar-refractivity contribution < 1.29 is 34.4 Å². The van der Waals surface area contributed by atoms with Crippen LogP contribution in [-0.4, -0.2) is 58.8 Å². The summed E-state index contributed by atoms with van der Waals surface area (Å²) in [6.45, 7) is 3.97. The van der Waals surface area contributed by atoms with Crippen LogP contribution in [0.2, 0.25) is 0 Å². The molecule has 0 rings (SSSR count). The van der Waals surface area contributed by atoms with Gasteiger partial charge in [-0.05, 0) is 38.5 Å². The first kappa shape index (κ1) is 47.6. The van der Waals surface area contributed by atoms with Crippen LogP contribution >= 0.6 is 0 Å². The van der Waals surface area contributed by atoms with Gasteiger partial charge in [0.25, 0.3) is 0 Å². The number of hydrogen-bond acceptors (Lipinski definition) is 7. The molecule has 0 heterocycles. The van der Waals surface area contributed by atoms with Crippen molar-refractivity contribution in [1.29, 1.82) is 0 Å². The Bertz CT molecular complexity index is 741. The van der Waals surface area contributed by atoms with E-state index in [1.165, 1.54) is 116 Å². The van der Waals surface area contributed by atoms with Gasteiger partial charge >= 0.3 is 11.9 Å². The van der Waals surface area contributed by atoms with Gasteiger partial charge in [-0.15, -0.1) is 0 Å². The first-order chi connectivity index (χ1) is 23.9. The monoisotopic (exact) mass is 697 g/mol. The van der Waals surface area contributed by atoms with E-state index in [0.29, 0.717) is 25.7 Å². The average Bonchev–Trinajstić information content (AvgIpc) is 3.10. The normalized spacial score (nSPS) is 13.5. The molecule has 0 aromatic heterocycles. The van der Waals surface area contributed by atoms with Crippen LogP contribution in [0.15, 0.2) is 12.2 Å². The number of esters is 2. The number of allylic oxidation sites excluding steroid dienone is 1. The lowest BCUT2D eigenvalue weighted by Gasteiger charge is -2.16. The second-order valence-corrected chi connectivity index (χ2v) is 14.4. The fraction of sp³-hybridized carbons (Fsp3) is 0.905. The molecule has 7 heteroatoms. The fourth-order valence-corrected chi connectivity index (χ4v) is 6.17. The highest BCUT2D eigenvalue weighted by Crippen LogP contribution is 2.16. The molecule has 7 nitrogen and oxygen atoms in total. The number of unbranched alkanes of at least 4 members (excludes halogenated alkanes) is 24. The van der Waals surface area contributed by atoms with Gasteiger partial charge in [0.1, 0.15) is 6.61 Å². The zero-order valence-corrected chi connectivity index (χ0v) is 32.2. The molecule has 3 atom stereocenters. The highest BCUT2D eigenvalue weighted by atomic mass is 16.6. The Morgan fingerprint density at radius 3 is 1.45 bits per heavy atom. The van der Waals surface area contributed by atoms with Crippen LogP contribution in [0.1, 0.15) is 213 Å². The van der Waals surface area contributed by atoms with Crippen molar-refractivity contribution in [3.63, 3.8) is 0 Å². The number of aliphatic hydroxyl groups is 3. The topological polar surface area (TPSA) is 113 Å². The van der Waals surface area contributed by atoms with Crippen molar-refractivity contribution in [1.82, 2.24) is 0 Å². The van der Waals surface area contributed by atoms with E-state index in [4.69, 9.17) is 9.47 Å². The summed E-state index contributed by atoms with van der Waals surface area (Å²) in [5.74, 6) is -0.692. The molecular weight excluding hydrogens is 616 g/mol. The van der Waals surface area contributed by atoms with Crippen LogP contribution in [0.3, 0.4) is 0 Å². The van der Waals surface area contributed by atoms with Crippen LogP contribution in [-0.2, 0) is 19.1 Å². The molecule has 290 valence electrons. The van der Waals surface area contributed by atoms with Crippen molar-refractivity contribution in [3.05, 3.63) is 12.2 Å². The van der Waals surface area contributed by atoms with E-state index in [9.17, 15) is 24.9 Å². The summed E-state index contributed by atoms with van der Waals surface area (Å²) in [4.78, 5) is 24.3. The Morgan fingerprint density at radius 2 is 0.959 bits per heavy atom. The standard InChI is InChI=1S/C42H80O7/c1-3-5-7-9-11-12-13-14-15-16-17-18-19-20-21-22-26-31-35-42(47)49-38(36-43)37-48-41(46)34-30-27-23-25-29-33-40(45)39(44)32-28-24-10-8-6-4-2/h24,28,38-40,43-45H,3-23,25-27,29-37H2,1-2H3/b28-24-/t38-,39+,40+/m0/s1. The van der Waals surface area contributed by atoms with Gasteiger partial charge in [0.05, 0.1) is 18.8 Å². The third-order valence-corrected chi connectivity index (χ3v) is 9.51. The molecule has 0 bridgehead atoms. The molecule has 0 amide bonds. The third kappa shape index (κ3) is 34.8. The fourth-order valence-electron chi connectivity index (χ4n) is 6.17. The Hall–Kier alpha value is -1.44. The number of rotatable bonds is 38. The van der Waals surface area contributed by atoms with Gasteiger partial charge in [0, 0.05) is 12.8 Å². The number of carbonyl (C=O) groups excluding carboxylic acids is 2.